The molecule has 2 aromatic carbocycles. The van der Waals surface area contributed by atoms with Crippen molar-refractivity contribution in [3.05, 3.63) is 64.1 Å². The van der Waals surface area contributed by atoms with Crippen LogP contribution in [0.2, 0.25) is 0 Å². The van der Waals surface area contributed by atoms with Crippen LogP contribution in [0.25, 0.3) is 0 Å². The molecule has 0 atom stereocenters. The third-order valence-corrected chi connectivity index (χ3v) is 3.67. The maximum absolute atomic E-state index is 11.7. The Hall–Kier alpha value is -2.01. The summed E-state index contributed by atoms with van der Waals surface area (Å²) in [4.78, 5) is 11.7. The van der Waals surface area contributed by atoms with E-state index in [0.29, 0.717) is 19.7 Å². The predicted molar refractivity (Wildman–Crippen MR) is 91.1 cm³/mol. The summed E-state index contributed by atoms with van der Waals surface area (Å²) in [7, 11) is 0. The molecule has 0 heterocycles. The molecule has 0 unspecified atom stereocenters. The first-order valence-corrected chi connectivity index (χ1v) is 7.89. The number of amides is 2. The van der Waals surface area contributed by atoms with Gasteiger partial charge in [0.25, 0.3) is 0 Å². The van der Waals surface area contributed by atoms with Crippen molar-refractivity contribution >= 4 is 22.0 Å². The summed E-state index contributed by atoms with van der Waals surface area (Å²) in [5.74, 6) is 0.768. The van der Waals surface area contributed by atoms with Crippen LogP contribution in [0, 0.1) is 6.92 Å². The van der Waals surface area contributed by atoms with Crippen molar-refractivity contribution in [1.82, 2.24) is 10.6 Å². The summed E-state index contributed by atoms with van der Waals surface area (Å²) in [6, 6.07) is 15.5. The minimum Gasteiger partial charge on any atom is -0.491 e. The van der Waals surface area contributed by atoms with Gasteiger partial charge in [-0.3, -0.25) is 0 Å². The Morgan fingerprint density at radius 3 is 2.73 bits per heavy atom. The lowest BCUT2D eigenvalue weighted by molar-refractivity contribution is 0.236. The zero-order valence-electron chi connectivity index (χ0n) is 12.4. The first-order chi connectivity index (χ1) is 10.6. The molecule has 0 saturated heterocycles. The summed E-state index contributed by atoms with van der Waals surface area (Å²) in [6.07, 6.45) is 0. The number of hydrogen-bond donors (Lipinski definition) is 2. The minimum absolute atomic E-state index is 0.197. The van der Waals surface area contributed by atoms with E-state index < -0.39 is 0 Å². The van der Waals surface area contributed by atoms with Crippen LogP contribution in [0.5, 0.6) is 5.75 Å². The van der Waals surface area contributed by atoms with Crippen molar-refractivity contribution < 1.29 is 9.53 Å². The highest BCUT2D eigenvalue weighted by molar-refractivity contribution is 9.10. The smallest absolute Gasteiger partial charge is 0.315 e. The molecule has 0 aromatic heterocycles. The van der Waals surface area contributed by atoms with Gasteiger partial charge in [-0.05, 0) is 40.5 Å². The lowest BCUT2D eigenvalue weighted by atomic mass is 10.1. The number of hydrogen-bond acceptors (Lipinski definition) is 2. The zero-order chi connectivity index (χ0) is 15.8. The van der Waals surface area contributed by atoms with Gasteiger partial charge in [-0.2, -0.15) is 0 Å². The molecule has 4 nitrogen and oxygen atoms in total. The van der Waals surface area contributed by atoms with Crippen molar-refractivity contribution in [2.45, 2.75) is 13.5 Å². The average molecular weight is 363 g/mol. The lowest BCUT2D eigenvalue weighted by Gasteiger charge is -2.10. The molecule has 0 aliphatic heterocycles. The Morgan fingerprint density at radius 1 is 1.14 bits per heavy atom. The van der Waals surface area contributed by atoms with E-state index in [0.717, 1.165) is 15.8 Å². The van der Waals surface area contributed by atoms with Crippen molar-refractivity contribution in [3.8, 4) is 5.75 Å². The number of carbonyl (C=O) groups is 1. The van der Waals surface area contributed by atoms with Crippen LogP contribution < -0.4 is 15.4 Å². The fraction of sp³-hybridized carbons (Fsp3) is 0.235. The molecule has 2 amide bonds. The molecule has 0 saturated carbocycles. The number of halogens is 1. The number of nitrogens with one attached hydrogen (secondary N) is 2. The van der Waals surface area contributed by atoms with Gasteiger partial charge < -0.3 is 15.4 Å². The van der Waals surface area contributed by atoms with E-state index >= 15 is 0 Å². The number of rotatable bonds is 6. The van der Waals surface area contributed by atoms with Crippen LogP contribution in [0.1, 0.15) is 11.1 Å². The minimum atomic E-state index is -0.197. The fourth-order valence-corrected chi connectivity index (χ4v) is 2.35. The summed E-state index contributed by atoms with van der Waals surface area (Å²) < 4.78 is 6.48. The number of para-hydroxylation sites is 1. The van der Waals surface area contributed by atoms with E-state index in [4.69, 9.17) is 4.74 Å². The van der Waals surface area contributed by atoms with Crippen LogP contribution in [-0.4, -0.2) is 19.2 Å². The van der Waals surface area contributed by atoms with E-state index in [-0.39, 0.29) is 6.03 Å². The van der Waals surface area contributed by atoms with Crippen LogP contribution in [0.4, 0.5) is 4.79 Å². The Labute approximate surface area is 139 Å². The van der Waals surface area contributed by atoms with Gasteiger partial charge in [-0.15, -0.1) is 0 Å². The van der Waals surface area contributed by atoms with Gasteiger partial charge in [0.1, 0.15) is 12.4 Å². The van der Waals surface area contributed by atoms with E-state index in [1.165, 1.54) is 5.56 Å². The second-order valence-electron chi connectivity index (χ2n) is 4.88. The van der Waals surface area contributed by atoms with Crippen molar-refractivity contribution in [1.29, 1.82) is 0 Å². The number of benzene rings is 2. The molecule has 22 heavy (non-hydrogen) atoms. The highest BCUT2D eigenvalue weighted by atomic mass is 79.9. The molecule has 0 fully saturated rings. The Kier molecular flexibility index (Phi) is 6.27. The number of urea groups is 1. The van der Waals surface area contributed by atoms with Crippen LogP contribution >= 0.6 is 15.9 Å². The summed E-state index contributed by atoms with van der Waals surface area (Å²) in [5, 5.41) is 5.59. The molecule has 0 bridgehead atoms. The molecule has 0 spiro atoms. The van der Waals surface area contributed by atoms with E-state index in [2.05, 4.69) is 32.6 Å². The zero-order valence-corrected chi connectivity index (χ0v) is 14.0. The standard InChI is InChI=1S/C17H19BrN2O2/c1-13-5-4-6-14(11-13)12-20-17(21)19-9-10-22-16-8-3-2-7-15(16)18/h2-8,11H,9-10,12H2,1H3,(H2,19,20,21). The van der Waals surface area contributed by atoms with E-state index in [9.17, 15) is 4.79 Å². The van der Waals surface area contributed by atoms with Crippen molar-refractivity contribution in [2.24, 2.45) is 0 Å². The molecule has 2 rings (SSSR count). The average Bonchev–Trinajstić information content (AvgIpc) is 2.51. The van der Waals surface area contributed by atoms with E-state index in [1.54, 1.807) is 0 Å². The van der Waals surface area contributed by atoms with Gasteiger partial charge >= 0.3 is 6.03 Å². The SMILES string of the molecule is Cc1cccc(CNC(=O)NCCOc2ccccc2Br)c1. The maximum Gasteiger partial charge on any atom is 0.315 e. The molecule has 116 valence electrons. The van der Waals surface area contributed by atoms with Gasteiger partial charge in [0.05, 0.1) is 11.0 Å². The quantitative estimate of drug-likeness (QED) is 0.770. The first kappa shape index (κ1) is 16.4. The monoisotopic (exact) mass is 362 g/mol. The highest BCUT2D eigenvalue weighted by Gasteiger charge is 2.02. The largest absolute Gasteiger partial charge is 0.491 e. The van der Waals surface area contributed by atoms with Gasteiger partial charge in [0.15, 0.2) is 0 Å². The molecule has 2 N–H and O–H groups in total. The number of ether oxygens (including phenoxy) is 1. The third-order valence-electron chi connectivity index (χ3n) is 3.02. The predicted octanol–water partition coefficient (Wildman–Crippen LogP) is 3.64. The molecule has 2 aromatic rings. The highest BCUT2D eigenvalue weighted by Crippen LogP contribution is 2.23. The van der Waals surface area contributed by atoms with Crippen molar-refractivity contribution in [2.75, 3.05) is 13.2 Å². The molecule has 5 heteroatoms. The second kappa shape index (κ2) is 8.44. The fourth-order valence-electron chi connectivity index (χ4n) is 1.95. The molecule has 0 radical (unpaired) electrons. The van der Waals surface area contributed by atoms with Gasteiger partial charge in [0.2, 0.25) is 0 Å². The van der Waals surface area contributed by atoms with Crippen LogP contribution in [0.15, 0.2) is 53.0 Å². The topological polar surface area (TPSA) is 50.4 Å². The summed E-state index contributed by atoms with van der Waals surface area (Å²) in [5.41, 5.74) is 2.26. The van der Waals surface area contributed by atoms with Gasteiger partial charge in [-0.1, -0.05) is 42.0 Å². The third kappa shape index (κ3) is 5.41. The Bertz CT molecular complexity index is 632. The Balaban J connectivity index is 1.65. The van der Waals surface area contributed by atoms with Crippen LogP contribution in [-0.2, 0) is 6.54 Å². The first-order valence-electron chi connectivity index (χ1n) is 7.10. The maximum atomic E-state index is 11.7. The summed E-state index contributed by atoms with van der Waals surface area (Å²) in [6.45, 7) is 3.41. The molecular formula is C17H19BrN2O2. The lowest BCUT2D eigenvalue weighted by Crippen LogP contribution is -2.37. The summed E-state index contributed by atoms with van der Waals surface area (Å²) >= 11 is 3.41. The Morgan fingerprint density at radius 2 is 1.95 bits per heavy atom. The van der Waals surface area contributed by atoms with Crippen LogP contribution in [0.3, 0.4) is 0 Å². The molecule has 0 aliphatic carbocycles. The van der Waals surface area contributed by atoms with Gasteiger partial charge in [0, 0.05) is 6.54 Å². The number of carbonyl (C=O) groups excluding carboxylic acids is 1. The molecule has 0 aliphatic rings. The number of aryl methyl sites for hydroxylation is 1. The van der Waals surface area contributed by atoms with Gasteiger partial charge in [-0.25, -0.2) is 4.79 Å². The van der Waals surface area contributed by atoms with E-state index in [1.807, 2.05) is 49.4 Å². The molecular weight excluding hydrogens is 344 g/mol. The normalized spacial score (nSPS) is 10.1. The second-order valence-corrected chi connectivity index (χ2v) is 5.73. The van der Waals surface area contributed by atoms with Crippen molar-refractivity contribution in [3.63, 3.8) is 0 Å².